The van der Waals surface area contributed by atoms with Crippen LogP contribution < -0.4 is 5.32 Å². The second-order valence-corrected chi connectivity index (χ2v) is 6.50. The van der Waals surface area contributed by atoms with Gasteiger partial charge < -0.3 is 20.4 Å². The normalized spacial score (nSPS) is 13.2. The number of aliphatic hydroxyl groups is 1. The molecule has 0 saturated carbocycles. The highest BCUT2D eigenvalue weighted by atomic mass is 16.4. The van der Waals surface area contributed by atoms with Crippen LogP contribution in [0.2, 0.25) is 0 Å². The lowest BCUT2D eigenvalue weighted by molar-refractivity contribution is -0.142. The lowest BCUT2D eigenvalue weighted by Gasteiger charge is -2.28. The molecule has 0 fully saturated rings. The molecule has 0 aliphatic heterocycles. The molecular weight excluding hydrogens is 260 g/mol. The Bertz CT molecular complexity index is 324. The molecule has 0 aromatic carbocycles. The Kier molecular flexibility index (Phi) is 7.57. The van der Waals surface area contributed by atoms with Crippen LogP contribution in [0.1, 0.15) is 41.0 Å². The number of aliphatic carboxylic acids is 1. The Morgan fingerprint density at radius 1 is 1.25 bits per heavy atom. The predicted molar refractivity (Wildman–Crippen MR) is 77.5 cm³/mol. The van der Waals surface area contributed by atoms with E-state index in [2.05, 4.69) is 5.32 Å². The molecule has 0 rings (SSSR count). The maximum Gasteiger partial charge on any atom is 0.317 e. The van der Waals surface area contributed by atoms with Gasteiger partial charge in [0.2, 0.25) is 0 Å². The summed E-state index contributed by atoms with van der Waals surface area (Å²) in [6.07, 6.45) is 0.490. The van der Waals surface area contributed by atoms with E-state index in [4.69, 9.17) is 5.11 Å². The Balaban J connectivity index is 4.54. The number of amides is 2. The third-order valence-electron chi connectivity index (χ3n) is 2.93. The van der Waals surface area contributed by atoms with Crippen molar-refractivity contribution in [3.63, 3.8) is 0 Å². The molecule has 3 N–H and O–H groups in total. The first-order chi connectivity index (χ1) is 9.08. The van der Waals surface area contributed by atoms with Crippen LogP contribution in [0, 0.1) is 11.3 Å². The van der Waals surface area contributed by atoms with Crippen molar-refractivity contribution in [2.45, 2.75) is 47.1 Å². The highest BCUT2D eigenvalue weighted by Gasteiger charge is 2.26. The Hall–Kier alpha value is -1.30. The fourth-order valence-corrected chi connectivity index (χ4v) is 2.00. The molecule has 0 spiro atoms. The van der Waals surface area contributed by atoms with Gasteiger partial charge in [0.15, 0.2) is 0 Å². The second-order valence-electron chi connectivity index (χ2n) is 6.50. The zero-order valence-corrected chi connectivity index (χ0v) is 13.1. The van der Waals surface area contributed by atoms with Crippen molar-refractivity contribution < 1.29 is 19.8 Å². The first kappa shape index (κ1) is 18.7. The van der Waals surface area contributed by atoms with Crippen molar-refractivity contribution in [1.82, 2.24) is 10.2 Å². The van der Waals surface area contributed by atoms with Gasteiger partial charge in [-0.15, -0.1) is 0 Å². The molecule has 6 nitrogen and oxygen atoms in total. The highest BCUT2D eigenvalue weighted by Crippen LogP contribution is 2.24. The Morgan fingerprint density at radius 2 is 1.80 bits per heavy atom. The van der Waals surface area contributed by atoms with E-state index in [-0.39, 0.29) is 37.2 Å². The number of nitrogens with one attached hydrogen (secondary N) is 1. The molecule has 0 aliphatic carbocycles. The van der Waals surface area contributed by atoms with Crippen LogP contribution in [-0.4, -0.2) is 52.9 Å². The number of carbonyl (C=O) groups is 2. The average Bonchev–Trinajstić information content (AvgIpc) is 2.28. The van der Waals surface area contributed by atoms with Crippen LogP contribution in [-0.2, 0) is 4.79 Å². The predicted octanol–water partition coefficient (Wildman–Crippen LogP) is 1.54. The molecular formula is C14H28N2O4. The van der Waals surface area contributed by atoms with Crippen LogP contribution in [0.15, 0.2) is 0 Å². The first-order valence-corrected chi connectivity index (χ1v) is 6.96. The molecule has 118 valence electrons. The maximum absolute atomic E-state index is 12.0. The molecule has 0 saturated heterocycles. The zero-order valence-electron chi connectivity index (χ0n) is 13.1. The van der Waals surface area contributed by atoms with Crippen molar-refractivity contribution >= 4 is 12.0 Å². The highest BCUT2D eigenvalue weighted by molar-refractivity contribution is 5.76. The minimum absolute atomic E-state index is 0.0481. The topological polar surface area (TPSA) is 89.9 Å². The number of carbonyl (C=O) groups excluding carboxylic acids is 1. The summed E-state index contributed by atoms with van der Waals surface area (Å²) in [5.74, 6) is -1.51. The quantitative estimate of drug-likeness (QED) is 0.663. The van der Waals surface area contributed by atoms with Crippen molar-refractivity contribution in [2.75, 3.05) is 19.7 Å². The van der Waals surface area contributed by atoms with E-state index in [1.54, 1.807) is 0 Å². The van der Waals surface area contributed by atoms with Gasteiger partial charge in [0.1, 0.15) is 0 Å². The van der Waals surface area contributed by atoms with E-state index < -0.39 is 11.9 Å². The summed E-state index contributed by atoms with van der Waals surface area (Å²) in [6, 6.07) is -0.387. The fourth-order valence-electron chi connectivity index (χ4n) is 2.00. The van der Waals surface area contributed by atoms with Crippen LogP contribution in [0.3, 0.4) is 0 Å². The monoisotopic (exact) mass is 288 g/mol. The SMILES string of the molecule is CC(C)N(CCO)C(=O)NCC(CC(C)(C)C)C(=O)O. The van der Waals surface area contributed by atoms with Gasteiger partial charge in [-0.2, -0.15) is 0 Å². The van der Waals surface area contributed by atoms with Gasteiger partial charge in [-0.25, -0.2) is 4.79 Å². The zero-order chi connectivity index (χ0) is 15.9. The largest absolute Gasteiger partial charge is 0.481 e. The molecule has 1 unspecified atom stereocenters. The van der Waals surface area contributed by atoms with E-state index >= 15 is 0 Å². The van der Waals surface area contributed by atoms with Gasteiger partial charge in [0, 0.05) is 19.1 Å². The Morgan fingerprint density at radius 3 is 2.15 bits per heavy atom. The van der Waals surface area contributed by atoms with Crippen LogP contribution >= 0.6 is 0 Å². The molecule has 0 aromatic rings. The van der Waals surface area contributed by atoms with Crippen molar-refractivity contribution in [1.29, 1.82) is 0 Å². The molecule has 0 radical (unpaired) electrons. The van der Waals surface area contributed by atoms with Crippen molar-refractivity contribution in [3.05, 3.63) is 0 Å². The molecule has 2 amide bonds. The van der Waals surface area contributed by atoms with Gasteiger partial charge in [0.05, 0.1) is 12.5 Å². The lowest BCUT2D eigenvalue weighted by atomic mass is 9.84. The minimum atomic E-state index is -0.904. The number of rotatable bonds is 7. The second kappa shape index (κ2) is 8.09. The van der Waals surface area contributed by atoms with Crippen molar-refractivity contribution in [2.24, 2.45) is 11.3 Å². The van der Waals surface area contributed by atoms with E-state index in [1.165, 1.54) is 4.90 Å². The van der Waals surface area contributed by atoms with Gasteiger partial charge in [-0.3, -0.25) is 4.79 Å². The summed E-state index contributed by atoms with van der Waals surface area (Å²) in [7, 11) is 0. The average molecular weight is 288 g/mol. The maximum atomic E-state index is 12.0. The van der Waals surface area contributed by atoms with Gasteiger partial charge >= 0.3 is 12.0 Å². The van der Waals surface area contributed by atoms with E-state index in [9.17, 15) is 14.7 Å². The molecule has 20 heavy (non-hydrogen) atoms. The van der Waals surface area contributed by atoms with Gasteiger partial charge in [-0.1, -0.05) is 20.8 Å². The van der Waals surface area contributed by atoms with Gasteiger partial charge in [0.25, 0.3) is 0 Å². The summed E-state index contributed by atoms with van der Waals surface area (Å²) < 4.78 is 0. The first-order valence-electron chi connectivity index (χ1n) is 6.96. The minimum Gasteiger partial charge on any atom is -0.481 e. The number of aliphatic hydroxyl groups excluding tert-OH is 1. The molecule has 6 heteroatoms. The number of carboxylic acids is 1. The summed E-state index contributed by atoms with van der Waals surface area (Å²) >= 11 is 0. The Labute approximate surface area is 121 Å². The van der Waals surface area contributed by atoms with E-state index in [0.717, 1.165) is 0 Å². The summed E-state index contributed by atoms with van der Waals surface area (Å²) in [4.78, 5) is 24.7. The number of carboxylic acid groups (broad SMARTS) is 1. The van der Waals surface area contributed by atoms with E-state index in [1.807, 2.05) is 34.6 Å². The summed E-state index contributed by atoms with van der Waals surface area (Å²) in [5, 5.41) is 20.8. The smallest absolute Gasteiger partial charge is 0.317 e. The number of urea groups is 1. The molecule has 0 bridgehead atoms. The van der Waals surface area contributed by atoms with Crippen LogP contribution in [0.25, 0.3) is 0 Å². The number of nitrogens with zero attached hydrogens (tertiary/aromatic N) is 1. The van der Waals surface area contributed by atoms with Crippen LogP contribution in [0.4, 0.5) is 4.79 Å². The molecule has 1 atom stereocenters. The lowest BCUT2D eigenvalue weighted by Crippen LogP contribution is -2.47. The van der Waals surface area contributed by atoms with Crippen molar-refractivity contribution in [3.8, 4) is 0 Å². The van der Waals surface area contributed by atoms with Gasteiger partial charge in [-0.05, 0) is 25.7 Å². The van der Waals surface area contributed by atoms with Crippen LogP contribution in [0.5, 0.6) is 0 Å². The third-order valence-corrected chi connectivity index (χ3v) is 2.93. The molecule has 0 aromatic heterocycles. The third kappa shape index (κ3) is 7.33. The fraction of sp³-hybridized carbons (Fsp3) is 0.857. The molecule has 0 heterocycles. The standard InChI is InChI=1S/C14H28N2O4/c1-10(2)16(6-7-17)13(20)15-9-11(12(18)19)8-14(3,4)5/h10-11,17H,6-9H2,1-5H3,(H,15,20)(H,18,19). The van der Waals surface area contributed by atoms with E-state index in [0.29, 0.717) is 6.42 Å². The summed E-state index contributed by atoms with van der Waals surface area (Å²) in [5.41, 5.74) is -0.114. The number of hydrogen-bond acceptors (Lipinski definition) is 3. The molecule has 0 aliphatic rings. The summed E-state index contributed by atoms with van der Waals surface area (Å²) in [6.45, 7) is 9.82. The number of hydrogen-bond donors (Lipinski definition) is 3.